The Morgan fingerprint density at radius 2 is 2.05 bits per heavy atom. The number of hydrogen-bond acceptors (Lipinski definition) is 3. The molecule has 1 atom stereocenters. The molecule has 1 aromatic carbocycles. The van der Waals surface area contributed by atoms with Crippen molar-refractivity contribution in [2.45, 2.75) is 32.9 Å². The molecule has 3 nitrogen and oxygen atoms in total. The Morgan fingerprint density at radius 3 is 2.67 bits per heavy atom. The summed E-state index contributed by atoms with van der Waals surface area (Å²) >= 11 is 3.66. The molecule has 0 saturated heterocycles. The minimum atomic E-state index is 0.178. The van der Waals surface area contributed by atoms with Gasteiger partial charge in [0.15, 0.2) is 0 Å². The zero-order valence-corrected chi connectivity index (χ0v) is 14.4. The van der Waals surface area contributed by atoms with Gasteiger partial charge in [-0.25, -0.2) is 0 Å². The molecule has 0 fully saturated rings. The summed E-state index contributed by atoms with van der Waals surface area (Å²) in [6.07, 6.45) is 0.891. The van der Waals surface area contributed by atoms with Crippen LogP contribution in [0.2, 0.25) is 0 Å². The Balaban J connectivity index is 2.13. The molecule has 0 radical (unpaired) electrons. The SMILES string of the molecule is Cc1cccc(CN(C)c2ccc(CC(C)N)cc2Br)n1. The van der Waals surface area contributed by atoms with E-state index in [0.717, 1.165) is 34.5 Å². The molecule has 2 aromatic rings. The third kappa shape index (κ3) is 4.55. The number of pyridine rings is 1. The number of aryl methyl sites for hydroxylation is 1. The zero-order valence-electron chi connectivity index (χ0n) is 12.8. The van der Waals surface area contributed by atoms with Gasteiger partial charge < -0.3 is 10.6 Å². The summed E-state index contributed by atoms with van der Waals surface area (Å²) in [5.74, 6) is 0. The third-order valence-electron chi connectivity index (χ3n) is 3.33. The first-order valence-corrected chi connectivity index (χ1v) is 7.92. The molecule has 0 spiro atoms. The second kappa shape index (κ2) is 7.05. The first-order chi connectivity index (χ1) is 9.95. The fourth-order valence-electron chi connectivity index (χ4n) is 2.37. The highest BCUT2D eigenvalue weighted by atomic mass is 79.9. The normalized spacial score (nSPS) is 12.2. The van der Waals surface area contributed by atoms with Crippen LogP contribution in [-0.2, 0) is 13.0 Å². The van der Waals surface area contributed by atoms with Gasteiger partial charge in [-0.05, 0) is 66.0 Å². The highest BCUT2D eigenvalue weighted by Gasteiger charge is 2.09. The first-order valence-electron chi connectivity index (χ1n) is 7.13. The van der Waals surface area contributed by atoms with E-state index in [1.165, 1.54) is 5.56 Å². The van der Waals surface area contributed by atoms with Crippen LogP contribution in [0.1, 0.15) is 23.9 Å². The van der Waals surface area contributed by atoms with E-state index in [9.17, 15) is 0 Å². The van der Waals surface area contributed by atoms with Gasteiger partial charge in [0.25, 0.3) is 0 Å². The van der Waals surface area contributed by atoms with Crippen LogP contribution >= 0.6 is 15.9 Å². The van der Waals surface area contributed by atoms with E-state index in [2.05, 4.69) is 57.1 Å². The van der Waals surface area contributed by atoms with Crippen molar-refractivity contribution in [3.05, 3.63) is 57.8 Å². The maximum absolute atomic E-state index is 5.85. The van der Waals surface area contributed by atoms with Crippen LogP contribution in [0.4, 0.5) is 5.69 Å². The summed E-state index contributed by atoms with van der Waals surface area (Å²) in [4.78, 5) is 6.75. The fraction of sp³-hybridized carbons (Fsp3) is 0.353. The topological polar surface area (TPSA) is 42.1 Å². The number of anilines is 1. The van der Waals surface area contributed by atoms with Crippen molar-refractivity contribution in [3.8, 4) is 0 Å². The lowest BCUT2D eigenvalue weighted by Crippen LogP contribution is -2.19. The van der Waals surface area contributed by atoms with E-state index in [1.807, 2.05) is 26.0 Å². The van der Waals surface area contributed by atoms with Gasteiger partial charge in [-0.1, -0.05) is 12.1 Å². The summed E-state index contributed by atoms with van der Waals surface area (Å²) in [5.41, 5.74) is 10.4. The molecular formula is C17H22BrN3. The van der Waals surface area contributed by atoms with Crippen molar-refractivity contribution >= 4 is 21.6 Å². The minimum absolute atomic E-state index is 0.178. The molecule has 0 aliphatic heterocycles. The Hall–Kier alpha value is -1.39. The average molecular weight is 348 g/mol. The molecule has 0 bridgehead atoms. The molecule has 1 aromatic heterocycles. The summed E-state index contributed by atoms with van der Waals surface area (Å²) in [6.45, 7) is 4.83. The van der Waals surface area contributed by atoms with Gasteiger partial charge in [-0.3, -0.25) is 4.98 Å². The maximum Gasteiger partial charge on any atom is 0.0600 e. The van der Waals surface area contributed by atoms with Crippen LogP contribution in [-0.4, -0.2) is 18.1 Å². The number of aromatic nitrogens is 1. The van der Waals surface area contributed by atoms with Crippen LogP contribution in [0.5, 0.6) is 0 Å². The van der Waals surface area contributed by atoms with Crippen LogP contribution < -0.4 is 10.6 Å². The van der Waals surface area contributed by atoms with Crippen molar-refractivity contribution in [1.82, 2.24) is 4.98 Å². The zero-order chi connectivity index (χ0) is 15.4. The van der Waals surface area contributed by atoms with Crippen molar-refractivity contribution in [1.29, 1.82) is 0 Å². The molecule has 0 aliphatic carbocycles. The number of rotatable bonds is 5. The van der Waals surface area contributed by atoms with E-state index in [-0.39, 0.29) is 6.04 Å². The van der Waals surface area contributed by atoms with E-state index >= 15 is 0 Å². The predicted molar refractivity (Wildman–Crippen MR) is 92.6 cm³/mol. The molecule has 0 saturated carbocycles. The van der Waals surface area contributed by atoms with Crippen molar-refractivity contribution < 1.29 is 0 Å². The fourth-order valence-corrected chi connectivity index (χ4v) is 3.10. The van der Waals surface area contributed by atoms with Gasteiger partial charge in [0.1, 0.15) is 0 Å². The third-order valence-corrected chi connectivity index (χ3v) is 3.96. The number of nitrogens with zero attached hydrogens (tertiary/aromatic N) is 2. The van der Waals surface area contributed by atoms with E-state index in [0.29, 0.717) is 0 Å². The number of benzene rings is 1. The molecule has 112 valence electrons. The molecule has 0 aliphatic rings. The Labute approximate surface area is 135 Å². The molecule has 21 heavy (non-hydrogen) atoms. The van der Waals surface area contributed by atoms with E-state index in [1.54, 1.807) is 0 Å². The Kier molecular flexibility index (Phi) is 5.37. The van der Waals surface area contributed by atoms with Gasteiger partial charge in [-0.2, -0.15) is 0 Å². The molecular weight excluding hydrogens is 326 g/mol. The second-order valence-electron chi connectivity index (χ2n) is 5.59. The largest absolute Gasteiger partial charge is 0.368 e. The average Bonchev–Trinajstić information content (AvgIpc) is 2.37. The lowest BCUT2D eigenvalue weighted by Gasteiger charge is -2.21. The highest BCUT2D eigenvalue weighted by Crippen LogP contribution is 2.28. The molecule has 2 N–H and O–H groups in total. The second-order valence-corrected chi connectivity index (χ2v) is 6.45. The summed E-state index contributed by atoms with van der Waals surface area (Å²) in [6, 6.07) is 12.7. The molecule has 1 unspecified atom stereocenters. The van der Waals surface area contributed by atoms with Crippen molar-refractivity contribution in [2.24, 2.45) is 5.73 Å². The van der Waals surface area contributed by atoms with E-state index in [4.69, 9.17) is 5.73 Å². The van der Waals surface area contributed by atoms with Gasteiger partial charge in [0, 0.05) is 23.3 Å². The van der Waals surface area contributed by atoms with Gasteiger partial charge in [0.2, 0.25) is 0 Å². The lowest BCUT2D eigenvalue weighted by molar-refractivity contribution is 0.737. The molecule has 1 heterocycles. The minimum Gasteiger partial charge on any atom is -0.368 e. The standard InChI is InChI=1S/C17H22BrN3/c1-12(19)9-14-7-8-17(16(18)10-14)21(3)11-15-6-4-5-13(2)20-15/h4-8,10,12H,9,11,19H2,1-3H3. The predicted octanol–water partition coefficient (Wildman–Crippen LogP) is 3.68. The Morgan fingerprint density at radius 1 is 1.29 bits per heavy atom. The van der Waals surface area contributed by atoms with Gasteiger partial charge in [0.05, 0.1) is 17.9 Å². The van der Waals surface area contributed by atoms with Gasteiger partial charge >= 0.3 is 0 Å². The smallest absolute Gasteiger partial charge is 0.0600 e. The monoisotopic (exact) mass is 347 g/mol. The summed E-state index contributed by atoms with van der Waals surface area (Å²) in [7, 11) is 2.08. The highest BCUT2D eigenvalue weighted by molar-refractivity contribution is 9.10. The quantitative estimate of drug-likeness (QED) is 0.896. The maximum atomic E-state index is 5.85. The molecule has 4 heteroatoms. The van der Waals surface area contributed by atoms with Crippen LogP contribution in [0, 0.1) is 6.92 Å². The lowest BCUT2D eigenvalue weighted by atomic mass is 10.1. The number of hydrogen-bond donors (Lipinski definition) is 1. The van der Waals surface area contributed by atoms with Crippen molar-refractivity contribution in [2.75, 3.05) is 11.9 Å². The van der Waals surface area contributed by atoms with Crippen LogP contribution in [0.3, 0.4) is 0 Å². The molecule has 2 rings (SSSR count). The van der Waals surface area contributed by atoms with Crippen molar-refractivity contribution in [3.63, 3.8) is 0 Å². The molecule has 0 amide bonds. The van der Waals surface area contributed by atoms with E-state index < -0.39 is 0 Å². The van der Waals surface area contributed by atoms with Crippen LogP contribution in [0.15, 0.2) is 40.9 Å². The number of nitrogens with two attached hydrogens (primary N) is 1. The summed E-state index contributed by atoms with van der Waals surface area (Å²) in [5, 5.41) is 0. The summed E-state index contributed by atoms with van der Waals surface area (Å²) < 4.78 is 1.09. The van der Waals surface area contributed by atoms with Crippen LogP contribution in [0.25, 0.3) is 0 Å². The Bertz CT molecular complexity index is 611. The first kappa shape index (κ1) is 16.0. The van der Waals surface area contributed by atoms with Gasteiger partial charge in [-0.15, -0.1) is 0 Å². The number of halogens is 1.